The number of aromatic nitrogens is 4. The zero-order valence-electron chi connectivity index (χ0n) is 16.5. The standard InChI is InChI=1S/C22H24N6O/c1-16-14-17-6-2-3-8-19(17)28(16)22(29)18-7-4-12-26(15-18)20-9-10-21(25-24-20)27-13-5-11-23-27/h2-3,5-6,8-11,13,16,18H,4,7,12,14-15H2,1H3. The van der Waals surface area contributed by atoms with E-state index in [2.05, 4.69) is 39.3 Å². The quantitative estimate of drug-likeness (QED) is 0.690. The minimum Gasteiger partial charge on any atom is -0.354 e. The third-order valence-electron chi connectivity index (χ3n) is 5.91. The summed E-state index contributed by atoms with van der Waals surface area (Å²) in [4.78, 5) is 17.6. The molecule has 0 aliphatic carbocycles. The average molecular weight is 388 g/mol. The van der Waals surface area contributed by atoms with Gasteiger partial charge in [0.15, 0.2) is 11.6 Å². The van der Waals surface area contributed by atoms with Crippen molar-refractivity contribution in [2.45, 2.75) is 32.2 Å². The van der Waals surface area contributed by atoms with E-state index >= 15 is 0 Å². The number of hydrogen-bond donors (Lipinski definition) is 0. The lowest BCUT2D eigenvalue weighted by Gasteiger charge is -2.35. The van der Waals surface area contributed by atoms with Crippen LogP contribution in [0.2, 0.25) is 0 Å². The Hall–Kier alpha value is -3.22. The fourth-order valence-electron chi connectivity index (χ4n) is 4.50. The highest BCUT2D eigenvalue weighted by Crippen LogP contribution is 2.34. The van der Waals surface area contributed by atoms with E-state index in [1.807, 2.05) is 41.4 Å². The molecule has 148 valence electrons. The molecule has 1 amide bonds. The van der Waals surface area contributed by atoms with Gasteiger partial charge in [-0.1, -0.05) is 18.2 Å². The third-order valence-corrected chi connectivity index (χ3v) is 5.91. The molecule has 0 N–H and O–H groups in total. The zero-order chi connectivity index (χ0) is 19.8. The highest BCUT2D eigenvalue weighted by atomic mass is 16.2. The summed E-state index contributed by atoms with van der Waals surface area (Å²) in [5, 5.41) is 12.9. The first kappa shape index (κ1) is 17.8. The van der Waals surface area contributed by atoms with Gasteiger partial charge in [-0.25, -0.2) is 4.68 Å². The maximum Gasteiger partial charge on any atom is 0.232 e. The predicted molar refractivity (Wildman–Crippen MR) is 111 cm³/mol. The van der Waals surface area contributed by atoms with Crippen molar-refractivity contribution in [3.63, 3.8) is 0 Å². The highest BCUT2D eigenvalue weighted by Gasteiger charge is 2.36. The Morgan fingerprint density at radius 2 is 1.90 bits per heavy atom. The third kappa shape index (κ3) is 3.26. The number of hydrogen-bond acceptors (Lipinski definition) is 5. The lowest BCUT2D eigenvalue weighted by molar-refractivity contribution is -0.122. The van der Waals surface area contributed by atoms with Crippen LogP contribution >= 0.6 is 0 Å². The molecular weight excluding hydrogens is 364 g/mol. The van der Waals surface area contributed by atoms with Gasteiger partial charge in [0.25, 0.3) is 0 Å². The van der Waals surface area contributed by atoms with Crippen LogP contribution in [0, 0.1) is 5.92 Å². The first-order valence-electron chi connectivity index (χ1n) is 10.2. The van der Waals surface area contributed by atoms with Crippen LogP contribution in [0.25, 0.3) is 5.82 Å². The van der Waals surface area contributed by atoms with Crippen molar-refractivity contribution in [1.82, 2.24) is 20.0 Å². The Balaban J connectivity index is 1.32. The minimum absolute atomic E-state index is 0.0232. The second kappa shape index (κ2) is 7.31. The van der Waals surface area contributed by atoms with Gasteiger partial charge in [-0.2, -0.15) is 5.10 Å². The van der Waals surface area contributed by atoms with Crippen molar-refractivity contribution >= 4 is 17.4 Å². The number of benzene rings is 1. The second-order valence-corrected chi connectivity index (χ2v) is 7.88. The molecule has 7 nitrogen and oxygen atoms in total. The van der Waals surface area contributed by atoms with E-state index in [9.17, 15) is 4.79 Å². The molecule has 0 saturated carbocycles. The highest BCUT2D eigenvalue weighted by molar-refractivity contribution is 5.98. The summed E-state index contributed by atoms with van der Waals surface area (Å²) in [5.74, 6) is 1.71. The number of carbonyl (C=O) groups is 1. The van der Waals surface area contributed by atoms with E-state index in [4.69, 9.17) is 0 Å². The molecule has 29 heavy (non-hydrogen) atoms. The summed E-state index contributed by atoms with van der Waals surface area (Å²) in [6.45, 7) is 3.71. The van der Waals surface area contributed by atoms with Gasteiger partial charge in [0.1, 0.15) is 0 Å². The van der Waals surface area contributed by atoms with Crippen LogP contribution in [-0.4, -0.2) is 45.0 Å². The van der Waals surface area contributed by atoms with Gasteiger partial charge < -0.3 is 9.80 Å². The summed E-state index contributed by atoms with van der Waals surface area (Å²) in [5.41, 5.74) is 2.34. The fraction of sp³-hybridized carbons (Fsp3) is 0.364. The summed E-state index contributed by atoms with van der Waals surface area (Å²) in [7, 11) is 0. The topological polar surface area (TPSA) is 67.2 Å². The molecule has 1 saturated heterocycles. The van der Waals surface area contributed by atoms with E-state index in [0.29, 0.717) is 12.4 Å². The summed E-state index contributed by atoms with van der Waals surface area (Å²) >= 11 is 0. The molecule has 2 aliphatic heterocycles. The average Bonchev–Trinajstić information content (AvgIpc) is 3.41. The lowest BCUT2D eigenvalue weighted by Crippen LogP contribution is -2.47. The molecule has 1 aromatic carbocycles. The number of para-hydroxylation sites is 1. The molecule has 1 fully saturated rings. The SMILES string of the molecule is CC1Cc2ccccc2N1C(=O)C1CCCN(c2ccc(-n3cccn3)nn2)C1. The first-order chi connectivity index (χ1) is 14.2. The molecule has 2 aliphatic rings. The number of amides is 1. The van der Waals surface area contributed by atoms with Crippen LogP contribution in [0.1, 0.15) is 25.3 Å². The van der Waals surface area contributed by atoms with Crippen molar-refractivity contribution < 1.29 is 4.79 Å². The van der Waals surface area contributed by atoms with Crippen molar-refractivity contribution in [3.05, 3.63) is 60.4 Å². The van der Waals surface area contributed by atoms with E-state index in [-0.39, 0.29) is 17.9 Å². The Bertz CT molecular complexity index is 1000. The number of carbonyl (C=O) groups excluding carboxylic acids is 1. The number of anilines is 2. The molecular formula is C22H24N6O. The van der Waals surface area contributed by atoms with Crippen LogP contribution in [0.5, 0.6) is 0 Å². The van der Waals surface area contributed by atoms with E-state index in [0.717, 1.165) is 37.3 Å². The van der Waals surface area contributed by atoms with E-state index < -0.39 is 0 Å². The first-order valence-corrected chi connectivity index (χ1v) is 10.2. The van der Waals surface area contributed by atoms with E-state index in [1.54, 1.807) is 10.9 Å². The van der Waals surface area contributed by atoms with Crippen molar-refractivity contribution in [2.24, 2.45) is 5.92 Å². The molecule has 2 aromatic heterocycles. The minimum atomic E-state index is -0.0232. The largest absolute Gasteiger partial charge is 0.354 e. The lowest BCUT2D eigenvalue weighted by atomic mass is 9.96. The smallest absolute Gasteiger partial charge is 0.232 e. The molecule has 2 atom stereocenters. The summed E-state index contributed by atoms with van der Waals surface area (Å²) < 4.78 is 1.69. The molecule has 0 bridgehead atoms. The second-order valence-electron chi connectivity index (χ2n) is 7.88. The summed E-state index contributed by atoms with van der Waals surface area (Å²) in [6.07, 6.45) is 6.38. The number of nitrogens with zero attached hydrogens (tertiary/aromatic N) is 6. The zero-order valence-corrected chi connectivity index (χ0v) is 16.5. The van der Waals surface area contributed by atoms with Gasteiger partial charge in [-0.05, 0) is 56.0 Å². The Morgan fingerprint density at radius 1 is 1.07 bits per heavy atom. The number of piperidine rings is 1. The van der Waals surface area contributed by atoms with Crippen LogP contribution in [-0.2, 0) is 11.2 Å². The predicted octanol–water partition coefficient (Wildman–Crippen LogP) is 2.86. The van der Waals surface area contributed by atoms with Crippen molar-refractivity contribution in [2.75, 3.05) is 22.9 Å². The molecule has 0 radical (unpaired) electrons. The van der Waals surface area contributed by atoms with Crippen LogP contribution in [0.4, 0.5) is 11.5 Å². The molecule has 7 heteroatoms. The Labute approximate surface area is 170 Å². The van der Waals surface area contributed by atoms with Gasteiger partial charge in [0, 0.05) is 37.2 Å². The molecule has 5 rings (SSSR count). The van der Waals surface area contributed by atoms with Crippen LogP contribution < -0.4 is 9.80 Å². The molecule has 2 unspecified atom stereocenters. The molecule has 3 aromatic rings. The fourth-order valence-corrected chi connectivity index (χ4v) is 4.50. The Kier molecular flexibility index (Phi) is 4.50. The van der Waals surface area contributed by atoms with Crippen LogP contribution in [0.15, 0.2) is 54.9 Å². The van der Waals surface area contributed by atoms with Crippen LogP contribution in [0.3, 0.4) is 0 Å². The number of rotatable bonds is 3. The van der Waals surface area contributed by atoms with Gasteiger partial charge >= 0.3 is 0 Å². The molecule has 0 spiro atoms. The maximum atomic E-state index is 13.4. The van der Waals surface area contributed by atoms with Gasteiger partial charge in [0.05, 0.1) is 5.92 Å². The van der Waals surface area contributed by atoms with E-state index in [1.165, 1.54) is 5.56 Å². The van der Waals surface area contributed by atoms with Gasteiger partial charge in [-0.15, -0.1) is 10.2 Å². The van der Waals surface area contributed by atoms with Crippen molar-refractivity contribution in [3.8, 4) is 5.82 Å². The number of fused-ring (bicyclic) bond motifs is 1. The monoisotopic (exact) mass is 388 g/mol. The van der Waals surface area contributed by atoms with Crippen molar-refractivity contribution in [1.29, 1.82) is 0 Å². The normalized spacial score (nSPS) is 21.3. The van der Waals surface area contributed by atoms with Gasteiger partial charge in [0.2, 0.25) is 5.91 Å². The van der Waals surface area contributed by atoms with Gasteiger partial charge in [-0.3, -0.25) is 4.79 Å². The summed E-state index contributed by atoms with van der Waals surface area (Å²) in [6, 6.07) is 14.2. The Morgan fingerprint density at radius 3 is 2.69 bits per heavy atom. The molecule has 4 heterocycles. The maximum absolute atomic E-state index is 13.4.